The van der Waals surface area contributed by atoms with Crippen molar-refractivity contribution in [3.8, 4) is 28.6 Å². The lowest BCUT2D eigenvalue weighted by Crippen LogP contribution is -2.39. The summed E-state index contributed by atoms with van der Waals surface area (Å²) in [6, 6.07) is 15.0. The van der Waals surface area contributed by atoms with Crippen LogP contribution in [-0.4, -0.2) is 27.1 Å². The molecule has 2 aromatic heterocycles. The number of rotatable bonds is 6. The lowest BCUT2D eigenvalue weighted by Gasteiger charge is -2.18. The molecule has 204 valence electrons. The molecule has 0 radical (unpaired) electrons. The van der Waals surface area contributed by atoms with Crippen molar-refractivity contribution in [2.24, 2.45) is 5.73 Å². The van der Waals surface area contributed by atoms with E-state index in [1.807, 2.05) is 0 Å². The third-order valence-corrected chi connectivity index (χ3v) is 6.93. The molecule has 0 saturated carbocycles. The standard InChI is InChI=1S/C30H21ClFN5O4/c1-16-7-21(14-35-13-16)37-29(39)27-25(36(30(37)40)15-17-3-6-24(32)20(8-17)12-33)10-19(11-26(27)41-2)22-9-18(28(34)38)4-5-23(22)31/h3-11,13-14H,15H2,1-2H3,(H2,34,38). The van der Waals surface area contributed by atoms with Gasteiger partial charge >= 0.3 is 5.69 Å². The first-order chi connectivity index (χ1) is 19.6. The number of carbonyl (C=O) groups excluding carboxylic acids is 1. The van der Waals surface area contributed by atoms with E-state index < -0.39 is 23.0 Å². The van der Waals surface area contributed by atoms with Crippen LogP contribution in [0.1, 0.15) is 27.0 Å². The fraction of sp³-hybridized carbons (Fsp3) is 0.100. The number of nitrogens with two attached hydrogens (primary N) is 1. The molecule has 1 amide bonds. The molecule has 0 saturated heterocycles. The molecule has 5 rings (SSSR count). The first-order valence-corrected chi connectivity index (χ1v) is 12.6. The van der Waals surface area contributed by atoms with Crippen LogP contribution in [0.3, 0.4) is 0 Å². The Labute approximate surface area is 237 Å². The Morgan fingerprint density at radius 1 is 1.12 bits per heavy atom. The van der Waals surface area contributed by atoms with Crippen molar-refractivity contribution >= 4 is 28.4 Å². The number of ether oxygens (including phenoxy) is 1. The zero-order valence-corrected chi connectivity index (χ0v) is 22.6. The summed E-state index contributed by atoms with van der Waals surface area (Å²) in [4.78, 5) is 43.9. The Kier molecular flexibility index (Phi) is 7.13. The molecule has 2 N–H and O–H groups in total. The molecular formula is C30H21ClFN5O4. The van der Waals surface area contributed by atoms with Crippen LogP contribution in [0.4, 0.5) is 4.39 Å². The maximum atomic E-state index is 14.1. The molecule has 41 heavy (non-hydrogen) atoms. The van der Waals surface area contributed by atoms with Crippen LogP contribution in [0, 0.1) is 24.1 Å². The van der Waals surface area contributed by atoms with Crippen molar-refractivity contribution in [2.75, 3.05) is 7.11 Å². The topological polar surface area (TPSA) is 133 Å². The minimum Gasteiger partial charge on any atom is -0.496 e. The van der Waals surface area contributed by atoms with Gasteiger partial charge in [0.1, 0.15) is 23.0 Å². The number of nitriles is 1. The molecule has 0 spiro atoms. The summed E-state index contributed by atoms with van der Waals surface area (Å²) < 4.78 is 22.0. The van der Waals surface area contributed by atoms with Crippen molar-refractivity contribution in [2.45, 2.75) is 13.5 Å². The minimum atomic E-state index is -0.700. The average Bonchev–Trinajstić information content (AvgIpc) is 2.95. The summed E-state index contributed by atoms with van der Waals surface area (Å²) in [6.45, 7) is 1.66. The highest BCUT2D eigenvalue weighted by molar-refractivity contribution is 6.33. The van der Waals surface area contributed by atoms with Gasteiger partial charge in [-0.25, -0.2) is 13.8 Å². The lowest BCUT2D eigenvalue weighted by molar-refractivity contribution is 0.100. The quantitative estimate of drug-likeness (QED) is 0.323. The molecular weight excluding hydrogens is 549 g/mol. The van der Waals surface area contributed by atoms with E-state index in [4.69, 9.17) is 22.1 Å². The number of halogens is 2. The molecule has 3 aromatic carbocycles. The van der Waals surface area contributed by atoms with E-state index in [0.29, 0.717) is 21.7 Å². The number of pyridine rings is 1. The van der Waals surface area contributed by atoms with Gasteiger partial charge in [-0.3, -0.25) is 19.1 Å². The van der Waals surface area contributed by atoms with Crippen molar-refractivity contribution in [3.05, 3.63) is 121 Å². The number of aromatic nitrogens is 3. The van der Waals surface area contributed by atoms with Gasteiger partial charge in [-0.05, 0) is 72.1 Å². The first kappa shape index (κ1) is 27.3. The minimum absolute atomic E-state index is 0.0853. The van der Waals surface area contributed by atoms with Crippen LogP contribution in [0.5, 0.6) is 5.75 Å². The Bertz CT molecular complexity index is 2040. The second kappa shape index (κ2) is 10.7. The Balaban J connectivity index is 1.89. The highest BCUT2D eigenvalue weighted by Gasteiger charge is 2.21. The van der Waals surface area contributed by atoms with E-state index in [2.05, 4.69) is 4.98 Å². The summed E-state index contributed by atoms with van der Waals surface area (Å²) in [7, 11) is 1.38. The number of fused-ring (bicyclic) bond motifs is 1. The Morgan fingerprint density at radius 3 is 2.59 bits per heavy atom. The molecule has 0 aliphatic rings. The highest BCUT2D eigenvalue weighted by Crippen LogP contribution is 2.35. The summed E-state index contributed by atoms with van der Waals surface area (Å²) in [5.74, 6) is -1.22. The molecule has 0 atom stereocenters. The van der Waals surface area contributed by atoms with Gasteiger partial charge in [0.05, 0.1) is 36.6 Å². The molecule has 0 aliphatic heterocycles. The monoisotopic (exact) mass is 569 g/mol. The number of benzene rings is 3. The van der Waals surface area contributed by atoms with Gasteiger partial charge in [0.25, 0.3) is 5.56 Å². The van der Waals surface area contributed by atoms with E-state index in [1.54, 1.807) is 37.4 Å². The van der Waals surface area contributed by atoms with E-state index >= 15 is 0 Å². The van der Waals surface area contributed by atoms with Gasteiger partial charge in [-0.15, -0.1) is 0 Å². The smallest absolute Gasteiger partial charge is 0.336 e. The van der Waals surface area contributed by atoms with Gasteiger partial charge in [-0.2, -0.15) is 5.26 Å². The zero-order valence-electron chi connectivity index (χ0n) is 21.8. The second-order valence-electron chi connectivity index (χ2n) is 9.29. The molecule has 2 heterocycles. The van der Waals surface area contributed by atoms with Crippen molar-refractivity contribution in [1.82, 2.24) is 14.1 Å². The second-order valence-corrected chi connectivity index (χ2v) is 9.69. The number of hydrogen-bond acceptors (Lipinski definition) is 6. The van der Waals surface area contributed by atoms with Crippen LogP contribution in [0.25, 0.3) is 27.7 Å². The number of methoxy groups -OCH3 is 1. The third-order valence-electron chi connectivity index (χ3n) is 6.60. The van der Waals surface area contributed by atoms with E-state index in [-0.39, 0.29) is 40.0 Å². The Hall–Kier alpha value is -5.27. The predicted molar refractivity (Wildman–Crippen MR) is 152 cm³/mol. The maximum absolute atomic E-state index is 14.1. The predicted octanol–water partition coefficient (Wildman–Crippen LogP) is 4.34. The number of hydrogen-bond donors (Lipinski definition) is 1. The normalized spacial score (nSPS) is 10.9. The fourth-order valence-electron chi connectivity index (χ4n) is 4.65. The van der Waals surface area contributed by atoms with Crippen LogP contribution < -0.4 is 21.7 Å². The highest BCUT2D eigenvalue weighted by atomic mass is 35.5. The van der Waals surface area contributed by atoms with E-state index in [1.165, 1.54) is 48.2 Å². The average molecular weight is 570 g/mol. The first-order valence-electron chi connectivity index (χ1n) is 12.2. The van der Waals surface area contributed by atoms with Crippen molar-refractivity contribution in [3.63, 3.8) is 0 Å². The fourth-order valence-corrected chi connectivity index (χ4v) is 4.87. The van der Waals surface area contributed by atoms with Crippen molar-refractivity contribution in [1.29, 1.82) is 5.26 Å². The van der Waals surface area contributed by atoms with Gasteiger partial charge in [-0.1, -0.05) is 17.7 Å². The molecule has 0 bridgehead atoms. The van der Waals surface area contributed by atoms with Gasteiger partial charge in [0, 0.05) is 22.3 Å². The van der Waals surface area contributed by atoms with Gasteiger partial charge in [0.15, 0.2) is 0 Å². The molecule has 0 fully saturated rings. The Morgan fingerprint density at radius 2 is 1.90 bits per heavy atom. The molecule has 9 nitrogen and oxygen atoms in total. The molecule has 0 unspecified atom stereocenters. The van der Waals surface area contributed by atoms with Gasteiger partial charge < -0.3 is 10.5 Å². The maximum Gasteiger partial charge on any atom is 0.336 e. The number of nitrogens with zero attached hydrogens (tertiary/aromatic N) is 4. The third kappa shape index (κ3) is 4.95. The zero-order chi connectivity index (χ0) is 29.4. The summed E-state index contributed by atoms with van der Waals surface area (Å²) in [5.41, 5.74) is 6.61. The number of amides is 1. The van der Waals surface area contributed by atoms with Gasteiger partial charge in [0.2, 0.25) is 5.91 Å². The van der Waals surface area contributed by atoms with Crippen LogP contribution >= 0.6 is 11.6 Å². The lowest BCUT2D eigenvalue weighted by atomic mass is 10.0. The molecule has 5 aromatic rings. The molecule has 11 heteroatoms. The SMILES string of the molecule is COc1cc(-c2cc(C(N)=O)ccc2Cl)cc2c1c(=O)n(-c1cncc(C)c1)c(=O)n2Cc1ccc(F)c(C#N)c1. The number of aryl methyl sites for hydroxylation is 1. The summed E-state index contributed by atoms with van der Waals surface area (Å²) in [6.07, 6.45) is 2.99. The number of carbonyl (C=O) groups is 1. The number of primary amides is 1. The summed E-state index contributed by atoms with van der Waals surface area (Å²) in [5, 5.41) is 9.71. The largest absolute Gasteiger partial charge is 0.496 e. The van der Waals surface area contributed by atoms with E-state index in [9.17, 15) is 24.0 Å². The summed E-state index contributed by atoms with van der Waals surface area (Å²) >= 11 is 6.48. The van der Waals surface area contributed by atoms with Crippen LogP contribution in [0.15, 0.2) is 76.6 Å². The van der Waals surface area contributed by atoms with Crippen LogP contribution in [-0.2, 0) is 6.54 Å². The molecule has 0 aliphatic carbocycles. The van der Waals surface area contributed by atoms with E-state index in [0.717, 1.165) is 16.2 Å². The van der Waals surface area contributed by atoms with Crippen molar-refractivity contribution < 1.29 is 13.9 Å². The van der Waals surface area contributed by atoms with Crippen LogP contribution in [0.2, 0.25) is 5.02 Å².